The van der Waals surface area contributed by atoms with Crippen LogP contribution >= 0.6 is 0 Å². The van der Waals surface area contributed by atoms with Crippen LogP contribution in [0.3, 0.4) is 0 Å². The molecular formula is C36H34F3NO4. The van der Waals surface area contributed by atoms with Crippen LogP contribution in [0.4, 0.5) is 18.0 Å². The number of nitrogens with zero attached hydrogens (tertiary/aromatic N) is 1. The van der Waals surface area contributed by atoms with E-state index in [1.54, 1.807) is 38.8 Å². The number of carbonyl (C=O) groups excluding carboxylic acids is 2. The van der Waals surface area contributed by atoms with Crippen LogP contribution in [0.5, 0.6) is 5.75 Å². The summed E-state index contributed by atoms with van der Waals surface area (Å²) in [5.41, 5.74) is 7.00. The number of hydrogen-bond acceptors (Lipinski definition) is 4. The monoisotopic (exact) mass is 601 g/mol. The van der Waals surface area contributed by atoms with Gasteiger partial charge in [-0.15, -0.1) is 0 Å². The van der Waals surface area contributed by atoms with Crippen molar-refractivity contribution in [2.45, 2.75) is 59.5 Å². The number of benzene rings is 4. The van der Waals surface area contributed by atoms with Gasteiger partial charge in [0, 0.05) is 11.1 Å². The Morgan fingerprint density at radius 3 is 2.27 bits per heavy atom. The molecule has 4 aromatic carbocycles. The maximum Gasteiger partial charge on any atom is 0.416 e. The molecule has 0 bridgehead atoms. The lowest BCUT2D eigenvalue weighted by Crippen LogP contribution is -2.31. The number of carbonyl (C=O) groups is 2. The quantitative estimate of drug-likeness (QED) is 0.198. The molecule has 1 aliphatic rings. The molecule has 5 rings (SSSR count). The van der Waals surface area contributed by atoms with Crippen LogP contribution in [-0.2, 0) is 17.5 Å². The van der Waals surface area contributed by atoms with Gasteiger partial charge in [-0.3, -0.25) is 9.69 Å². The standard InChI is InChI=1S/C36H34F3NO4/c1-20-7-10-31(32-18-26(9-12-33(32)43-6)30-11-8-25(24(5)41)16-22(30)3)28(13-20)19-40-23(4)34(44-35(40)42)27-14-21(2)15-29(17-27)36(37,38)39/h7-18,23,34H,19H2,1-6H3/t23-,34-/m0/s1. The summed E-state index contributed by atoms with van der Waals surface area (Å²) in [7, 11) is 1.60. The number of cyclic esters (lactones) is 1. The van der Waals surface area contributed by atoms with Crippen molar-refractivity contribution in [3.8, 4) is 28.0 Å². The summed E-state index contributed by atoms with van der Waals surface area (Å²) in [4.78, 5) is 26.6. The molecule has 8 heteroatoms. The fourth-order valence-corrected chi connectivity index (χ4v) is 5.89. The molecule has 0 saturated carbocycles. The van der Waals surface area contributed by atoms with Crippen molar-refractivity contribution in [3.05, 3.63) is 112 Å². The molecule has 2 atom stereocenters. The van der Waals surface area contributed by atoms with E-state index in [4.69, 9.17) is 9.47 Å². The first-order chi connectivity index (χ1) is 20.8. The largest absolute Gasteiger partial charge is 0.496 e. The molecule has 1 amide bonds. The second kappa shape index (κ2) is 11.8. The molecule has 1 aliphatic heterocycles. The molecule has 0 spiro atoms. The Hall–Kier alpha value is -4.59. The highest BCUT2D eigenvalue weighted by molar-refractivity contribution is 5.95. The smallest absolute Gasteiger partial charge is 0.416 e. The van der Waals surface area contributed by atoms with Gasteiger partial charge in [0.1, 0.15) is 11.9 Å². The van der Waals surface area contributed by atoms with Crippen molar-refractivity contribution in [3.63, 3.8) is 0 Å². The third kappa shape index (κ3) is 6.07. The third-order valence-corrected chi connectivity index (χ3v) is 8.18. The van der Waals surface area contributed by atoms with Gasteiger partial charge in [0.25, 0.3) is 0 Å². The van der Waals surface area contributed by atoms with Gasteiger partial charge in [0.05, 0.1) is 25.3 Å². The number of methoxy groups -OCH3 is 1. The Morgan fingerprint density at radius 2 is 1.61 bits per heavy atom. The molecule has 0 unspecified atom stereocenters. The zero-order valence-electron chi connectivity index (χ0n) is 25.5. The van der Waals surface area contributed by atoms with Crippen molar-refractivity contribution in [2.24, 2.45) is 0 Å². The Labute approximate surface area is 255 Å². The van der Waals surface area contributed by atoms with Crippen LogP contribution < -0.4 is 4.74 Å². The molecule has 0 N–H and O–H groups in total. The summed E-state index contributed by atoms with van der Waals surface area (Å²) in [5.74, 6) is 0.644. The van der Waals surface area contributed by atoms with E-state index in [-0.39, 0.29) is 12.3 Å². The number of rotatable bonds is 7. The fraction of sp³-hybridized carbons (Fsp3) is 0.278. The normalized spacial score (nSPS) is 16.7. The number of ether oxygens (including phenoxy) is 2. The van der Waals surface area contributed by atoms with Crippen LogP contribution in [0.2, 0.25) is 0 Å². The predicted molar refractivity (Wildman–Crippen MR) is 164 cm³/mol. The number of alkyl halides is 3. The lowest BCUT2D eigenvalue weighted by atomic mass is 9.91. The van der Waals surface area contributed by atoms with E-state index >= 15 is 0 Å². The zero-order valence-corrected chi connectivity index (χ0v) is 25.5. The minimum absolute atomic E-state index is 0.000495. The predicted octanol–water partition coefficient (Wildman–Crippen LogP) is 9.26. The molecule has 0 aliphatic carbocycles. The number of aryl methyl sites for hydroxylation is 3. The SMILES string of the molecule is COc1ccc(-c2ccc(C(C)=O)cc2C)cc1-c1ccc(C)cc1CN1C(=O)O[C@H](c2cc(C)cc(C(F)(F)F)c2)[C@@H]1C. The Balaban J connectivity index is 1.52. The first kappa shape index (κ1) is 30.9. The average molecular weight is 602 g/mol. The number of Topliss-reactive ketones (excluding diaryl/α,β-unsaturated/α-hetero) is 1. The van der Waals surface area contributed by atoms with E-state index < -0.39 is 30.0 Å². The molecule has 44 heavy (non-hydrogen) atoms. The van der Waals surface area contributed by atoms with E-state index in [0.29, 0.717) is 22.4 Å². The van der Waals surface area contributed by atoms with Gasteiger partial charge in [-0.25, -0.2) is 4.79 Å². The van der Waals surface area contributed by atoms with Gasteiger partial charge in [0.2, 0.25) is 0 Å². The summed E-state index contributed by atoms with van der Waals surface area (Å²) < 4.78 is 52.1. The molecule has 0 aromatic heterocycles. The van der Waals surface area contributed by atoms with E-state index in [0.717, 1.165) is 51.1 Å². The average Bonchev–Trinajstić information content (AvgIpc) is 3.24. The summed E-state index contributed by atoms with van der Waals surface area (Å²) >= 11 is 0. The molecule has 0 radical (unpaired) electrons. The Kier molecular flexibility index (Phi) is 8.30. The lowest BCUT2D eigenvalue weighted by Gasteiger charge is -2.24. The topological polar surface area (TPSA) is 55.8 Å². The van der Waals surface area contributed by atoms with Crippen molar-refractivity contribution < 1.29 is 32.2 Å². The second-order valence-corrected chi connectivity index (χ2v) is 11.5. The Bertz CT molecular complexity index is 1760. The fourth-order valence-electron chi connectivity index (χ4n) is 5.89. The second-order valence-electron chi connectivity index (χ2n) is 11.5. The number of amides is 1. The van der Waals surface area contributed by atoms with Crippen LogP contribution in [0, 0.1) is 20.8 Å². The maximum atomic E-state index is 13.5. The van der Waals surface area contributed by atoms with E-state index in [9.17, 15) is 22.8 Å². The molecule has 4 aromatic rings. The van der Waals surface area contributed by atoms with Gasteiger partial charge in [0.15, 0.2) is 5.78 Å². The minimum atomic E-state index is -4.51. The first-order valence-electron chi connectivity index (χ1n) is 14.3. The number of ketones is 1. The molecular weight excluding hydrogens is 567 g/mol. The summed E-state index contributed by atoms with van der Waals surface area (Å²) in [6.45, 7) is 9.03. The molecule has 1 fully saturated rings. The number of hydrogen-bond donors (Lipinski definition) is 0. The van der Waals surface area contributed by atoms with Crippen LogP contribution in [0.15, 0.2) is 72.8 Å². The van der Waals surface area contributed by atoms with Gasteiger partial charge in [-0.1, -0.05) is 53.6 Å². The van der Waals surface area contributed by atoms with Crippen LogP contribution in [0.25, 0.3) is 22.3 Å². The van der Waals surface area contributed by atoms with Crippen molar-refractivity contribution in [1.29, 1.82) is 0 Å². The highest BCUT2D eigenvalue weighted by atomic mass is 19.4. The summed E-state index contributed by atoms with van der Waals surface area (Å²) in [5, 5.41) is 0. The summed E-state index contributed by atoms with van der Waals surface area (Å²) in [6.07, 6.45) is -5.95. The first-order valence-corrected chi connectivity index (χ1v) is 14.3. The van der Waals surface area contributed by atoms with E-state index in [1.165, 1.54) is 0 Å². The number of halogens is 3. The Morgan fingerprint density at radius 1 is 0.886 bits per heavy atom. The molecule has 228 valence electrons. The molecule has 5 nitrogen and oxygen atoms in total. The highest BCUT2D eigenvalue weighted by Gasteiger charge is 2.41. The van der Waals surface area contributed by atoms with Gasteiger partial charge >= 0.3 is 12.3 Å². The van der Waals surface area contributed by atoms with Gasteiger partial charge in [-0.2, -0.15) is 13.2 Å². The zero-order chi connectivity index (χ0) is 31.9. The van der Waals surface area contributed by atoms with Crippen LogP contribution in [-0.4, -0.2) is 29.9 Å². The van der Waals surface area contributed by atoms with Crippen molar-refractivity contribution in [2.75, 3.05) is 7.11 Å². The molecule has 1 heterocycles. The van der Waals surface area contributed by atoms with Crippen molar-refractivity contribution >= 4 is 11.9 Å². The van der Waals surface area contributed by atoms with Gasteiger partial charge in [-0.05, 0) is 98.3 Å². The van der Waals surface area contributed by atoms with Crippen LogP contribution in [0.1, 0.15) is 63.7 Å². The summed E-state index contributed by atoms with van der Waals surface area (Å²) in [6, 6.07) is 20.7. The third-order valence-electron chi connectivity index (χ3n) is 8.18. The van der Waals surface area contributed by atoms with Crippen molar-refractivity contribution in [1.82, 2.24) is 4.90 Å². The van der Waals surface area contributed by atoms with Gasteiger partial charge < -0.3 is 9.47 Å². The van der Waals surface area contributed by atoms with E-state index in [2.05, 4.69) is 0 Å². The highest BCUT2D eigenvalue weighted by Crippen LogP contribution is 2.41. The maximum absolute atomic E-state index is 13.5. The van der Waals surface area contributed by atoms with E-state index in [1.807, 2.05) is 68.4 Å². The molecule has 1 saturated heterocycles. The minimum Gasteiger partial charge on any atom is -0.496 e. The lowest BCUT2D eigenvalue weighted by molar-refractivity contribution is -0.137.